The molecule has 0 saturated carbocycles. The van der Waals surface area contributed by atoms with Crippen molar-refractivity contribution in [3.05, 3.63) is 28.7 Å². The number of aromatic amines is 1. The highest BCUT2D eigenvalue weighted by molar-refractivity contribution is 9.10. The first-order chi connectivity index (χ1) is 5.29. The topological polar surface area (TPSA) is 28.7 Å². The Balaban J connectivity index is 2.93. The van der Waals surface area contributed by atoms with E-state index in [9.17, 15) is 4.39 Å². The summed E-state index contributed by atoms with van der Waals surface area (Å²) in [6.45, 7) is 0. The van der Waals surface area contributed by atoms with E-state index >= 15 is 0 Å². The van der Waals surface area contributed by atoms with Crippen molar-refractivity contribution in [1.82, 2.24) is 9.97 Å². The predicted molar refractivity (Wildman–Crippen MR) is 43.8 cm³/mol. The third-order valence-electron chi connectivity index (χ3n) is 1.48. The van der Waals surface area contributed by atoms with Crippen LogP contribution in [0.2, 0.25) is 0 Å². The van der Waals surface area contributed by atoms with Gasteiger partial charge in [-0.2, -0.15) is 0 Å². The number of hydrogen-bond acceptors (Lipinski definition) is 1. The zero-order valence-corrected chi connectivity index (χ0v) is 7.02. The summed E-state index contributed by atoms with van der Waals surface area (Å²) in [7, 11) is 0. The van der Waals surface area contributed by atoms with Crippen LogP contribution >= 0.6 is 15.9 Å². The molecular formula is C7H4BrFN2. The number of aromatic nitrogens is 2. The number of halogens is 2. The fraction of sp³-hybridized carbons (Fsp3) is 0. The third kappa shape index (κ3) is 0.939. The number of hydrogen-bond donors (Lipinski definition) is 1. The number of nitrogens with one attached hydrogen (secondary N) is 1. The normalized spacial score (nSPS) is 10.7. The maximum absolute atomic E-state index is 13.1. The minimum atomic E-state index is -0.267. The van der Waals surface area contributed by atoms with Gasteiger partial charge in [0.1, 0.15) is 11.5 Å². The maximum Gasteiger partial charge on any atom is 0.149 e. The van der Waals surface area contributed by atoms with Crippen molar-refractivity contribution in [2.75, 3.05) is 0 Å². The largest absolute Gasteiger partial charge is 0.346 e. The number of pyridine rings is 1. The molecule has 2 nitrogen and oxygen atoms in total. The summed E-state index contributed by atoms with van der Waals surface area (Å²) < 4.78 is 13.5. The van der Waals surface area contributed by atoms with Gasteiger partial charge >= 0.3 is 0 Å². The smallest absolute Gasteiger partial charge is 0.149 e. The summed E-state index contributed by atoms with van der Waals surface area (Å²) in [6, 6.07) is 1.66. The standard InChI is InChI=1S/C7H4BrFN2/c8-5-3-11-7-4(6(5)9)1-2-10-7/h1-3H,(H,10,11). The lowest BCUT2D eigenvalue weighted by Crippen LogP contribution is -1.82. The molecule has 2 aromatic rings. The molecule has 0 aromatic carbocycles. The molecule has 0 saturated heterocycles. The number of rotatable bonds is 0. The molecule has 0 bridgehead atoms. The van der Waals surface area contributed by atoms with Crippen molar-refractivity contribution in [2.45, 2.75) is 0 Å². The van der Waals surface area contributed by atoms with Gasteiger partial charge in [-0.15, -0.1) is 0 Å². The van der Waals surface area contributed by atoms with Crippen LogP contribution in [-0.2, 0) is 0 Å². The molecule has 2 rings (SSSR count). The van der Waals surface area contributed by atoms with Crippen LogP contribution in [0, 0.1) is 5.82 Å². The summed E-state index contributed by atoms with van der Waals surface area (Å²) in [5.74, 6) is -0.267. The molecule has 0 unspecified atom stereocenters. The average molecular weight is 215 g/mol. The molecule has 0 fully saturated rings. The Morgan fingerprint density at radius 1 is 1.55 bits per heavy atom. The molecule has 2 aromatic heterocycles. The third-order valence-corrected chi connectivity index (χ3v) is 2.03. The minimum Gasteiger partial charge on any atom is -0.346 e. The van der Waals surface area contributed by atoms with E-state index in [4.69, 9.17) is 0 Å². The van der Waals surface area contributed by atoms with Gasteiger partial charge in [0.05, 0.1) is 9.86 Å². The molecule has 0 aliphatic rings. The lowest BCUT2D eigenvalue weighted by atomic mass is 10.3. The number of H-pyrrole nitrogens is 1. The number of nitrogens with zero attached hydrogens (tertiary/aromatic N) is 1. The monoisotopic (exact) mass is 214 g/mol. The fourth-order valence-corrected chi connectivity index (χ4v) is 1.27. The van der Waals surface area contributed by atoms with Crippen LogP contribution in [0.1, 0.15) is 0 Å². The molecule has 11 heavy (non-hydrogen) atoms. The molecule has 0 radical (unpaired) electrons. The first-order valence-electron chi connectivity index (χ1n) is 3.06. The quantitative estimate of drug-likeness (QED) is 0.718. The molecule has 56 valence electrons. The summed E-state index contributed by atoms with van der Waals surface area (Å²) >= 11 is 3.05. The molecular weight excluding hydrogens is 211 g/mol. The Hall–Kier alpha value is -0.900. The second-order valence-electron chi connectivity index (χ2n) is 2.16. The van der Waals surface area contributed by atoms with E-state index in [1.807, 2.05) is 0 Å². The predicted octanol–water partition coefficient (Wildman–Crippen LogP) is 2.46. The van der Waals surface area contributed by atoms with Crippen LogP contribution < -0.4 is 0 Å². The molecule has 0 amide bonds. The van der Waals surface area contributed by atoms with Gasteiger partial charge in [0, 0.05) is 12.4 Å². The Bertz CT molecular complexity index is 396. The first-order valence-corrected chi connectivity index (χ1v) is 3.85. The van der Waals surface area contributed by atoms with Crippen molar-refractivity contribution in [2.24, 2.45) is 0 Å². The van der Waals surface area contributed by atoms with Gasteiger partial charge in [-0.3, -0.25) is 0 Å². The van der Waals surface area contributed by atoms with Gasteiger partial charge in [-0.1, -0.05) is 0 Å². The Morgan fingerprint density at radius 2 is 2.36 bits per heavy atom. The Labute approximate surface area is 70.6 Å². The fourth-order valence-electron chi connectivity index (χ4n) is 0.951. The van der Waals surface area contributed by atoms with E-state index < -0.39 is 0 Å². The van der Waals surface area contributed by atoms with E-state index in [1.165, 1.54) is 6.20 Å². The summed E-state index contributed by atoms with van der Waals surface area (Å²) in [5, 5.41) is 0.513. The maximum atomic E-state index is 13.1. The highest BCUT2D eigenvalue weighted by Gasteiger charge is 2.05. The molecule has 4 heteroatoms. The van der Waals surface area contributed by atoms with Crippen LogP contribution in [0.3, 0.4) is 0 Å². The van der Waals surface area contributed by atoms with Gasteiger partial charge < -0.3 is 4.98 Å². The van der Waals surface area contributed by atoms with Crippen molar-refractivity contribution in [1.29, 1.82) is 0 Å². The zero-order chi connectivity index (χ0) is 7.84. The molecule has 0 aliphatic heterocycles. The SMILES string of the molecule is Fc1c(Br)cnc2[nH]ccc12. The summed E-state index contributed by atoms with van der Waals surface area (Å²) in [4.78, 5) is 6.77. The van der Waals surface area contributed by atoms with Gasteiger partial charge in [0.25, 0.3) is 0 Å². The van der Waals surface area contributed by atoms with Crippen molar-refractivity contribution < 1.29 is 4.39 Å². The van der Waals surface area contributed by atoms with E-state index in [2.05, 4.69) is 25.9 Å². The summed E-state index contributed by atoms with van der Waals surface area (Å²) in [6.07, 6.45) is 3.10. The van der Waals surface area contributed by atoms with Crippen LogP contribution in [-0.4, -0.2) is 9.97 Å². The van der Waals surface area contributed by atoms with Gasteiger partial charge in [0.15, 0.2) is 0 Å². The van der Waals surface area contributed by atoms with Gasteiger partial charge in [-0.25, -0.2) is 9.37 Å². The summed E-state index contributed by atoms with van der Waals surface area (Å²) in [5.41, 5.74) is 0.575. The average Bonchev–Trinajstić information content (AvgIpc) is 2.45. The molecule has 0 atom stereocenters. The Kier molecular flexibility index (Phi) is 1.42. The van der Waals surface area contributed by atoms with E-state index in [0.29, 0.717) is 15.5 Å². The molecule has 0 spiro atoms. The second kappa shape index (κ2) is 2.30. The lowest BCUT2D eigenvalue weighted by molar-refractivity contribution is 0.632. The van der Waals surface area contributed by atoms with Crippen LogP contribution in [0.15, 0.2) is 22.9 Å². The van der Waals surface area contributed by atoms with Gasteiger partial charge in [0.2, 0.25) is 0 Å². The Morgan fingerprint density at radius 3 is 3.18 bits per heavy atom. The van der Waals surface area contributed by atoms with Crippen LogP contribution in [0.25, 0.3) is 11.0 Å². The molecule has 1 N–H and O–H groups in total. The van der Waals surface area contributed by atoms with Crippen LogP contribution in [0.5, 0.6) is 0 Å². The first kappa shape index (κ1) is 6.79. The highest BCUT2D eigenvalue weighted by atomic mass is 79.9. The van der Waals surface area contributed by atoms with Crippen molar-refractivity contribution in [3.8, 4) is 0 Å². The molecule has 0 aliphatic carbocycles. The highest BCUT2D eigenvalue weighted by Crippen LogP contribution is 2.21. The second-order valence-corrected chi connectivity index (χ2v) is 3.01. The van der Waals surface area contributed by atoms with E-state index in [1.54, 1.807) is 12.3 Å². The van der Waals surface area contributed by atoms with Crippen LogP contribution in [0.4, 0.5) is 4.39 Å². The van der Waals surface area contributed by atoms with Crippen molar-refractivity contribution in [3.63, 3.8) is 0 Å². The van der Waals surface area contributed by atoms with Crippen molar-refractivity contribution >= 4 is 27.0 Å². The lowest BCUT2D eigenvalue weighted by Gasteiger charge is -1.93. The minimum absolute atomic E-state index is 0.267. The van der Waals surface area contributed by atoms with E-state index in [0.717, 1.165) is 0 Å². The van der Waals surface area contributed by atoms with Gasteiger partial charge in [-0.05, 0) is 22.0 Å². The number of fused-ring (bicyclic) bond motifs is 1. The molecule has 2 heterocycles. The van der Waals surface area contributed by atoms with E-state index in [-0.39, 0.29) is 5.82 Å². The zero-order valence-electron chi connectivity index (χ0n) is 5.44.